The van der Waals surface area contributed by atoms with Crippen molar-refractivity contribution in [3.05, 3.63) is 59.1 Å². The van der Waals surface area contributed by atoms with Gasteiger partial charge < -0.3 is 16.2 Å². The minimum Gasteiger partial charge on any atom is -0.496 e. The van der Waals surface area contributed by atoms with Crippen LogP contribution in [0.1, 0.15) is 5.56 Å². The number of aromatic nitrogens is 2. The molecule has 0 bridgehead atoms. The third kappa shape index (κ3) is 2.96. The smallest absolute Gasteiger partial charge is 0.169 e. The summed E-state index contributed by atoms with van der Waals surface area (Å²) in [5, 5.41) is 5.05. The maximum absolute atomic E-state index is 6.15. The molecule has 0 unspecified atom stereocenters. The standard InChI is InChI=1S/C17H17ClN4O/c1-23-14-5-3-2-4-13(14)16-15(19)17(20)21-22(16)10-11-6-8-12(18)9-7-11/h2-9H,10,19H2,1H3,(H2,20,21). The van der Waals surface area contributed by atoms with E-state index in [2.05, 4.69) is 5.10 Å². The fourth-order valence-electron chi connectivity index (χ4n) is 2.50. The highest BCUT2D eigenvalue weighted by molar-refractivity contribution is 6.30. The fourth-order valence-corrected chi connectivity index (χ4v) is 2.62. The van der Waals surface area contributed by atoms with E-state index in [-0.39, 0.29) is 0 Å². The van der Waals surface area contributed by atoms with Crippen molar-refractivity contribution in [1.29, 1.82) is 0 Å². The summed E-state index contributed by atoms with van der Waals surface area (Å²) < 4.78 is 7.21. The quantitative estimate of drug-likeness (QED) is 0.769. The second-order valence-corrected chi connectivity index (χ2v) is 5.57. The molecular formula is C17H17ClN4O. The molecular weight excluding hydrogens is 312 g/mol. The zero-order chi connectivity index (χ0) is 16.4. The summed E-state index contributed by atoms with van der Waals surface area (Å²) in [6.45, 7) is 0.534. The predicted molar refractivity (Wildman–Crippen MR) is 93.6 cm³/mol. The molecule has 6 heteroatoms. The molecule has 0 saturated carbocycles. The Labute approximate surface area is 139 Å². The molecule has 4 N–H and O–H groups in total. The normalized spacial score (nSPS) is 10.7. The first-order chi connectivity index (χ1) is 11.1. The van der Waals surface area contributed by atoms with Crippen molar-refractivity contribution >= 4 is 23.1 Å². The van der Waals surface area contributed by atoms with E-state index in [4.69, 9.17) is 27.8 Å². The van der Waals surface area contributed by atoms with Gasteiger partial charge in [0, 0.05) is 10.6 Å². The maximum atomic E-state index is 6.15. The molecule has 3 aromatic rings. The number of anilines is 2. The molecule has 0 aliphatic carbocycles. The molecule has 23 heavy (non-hydrogen) atoms. The summed E-state index contributed by atoms with van der Waals surface area (Å²) in [6.07, 6.45) is 0. The van der Waals surface area contributed by atoms with Gasteiger partial charge in [0.25, 0.3) is 0 Å². The topological polar surface area (TPSA) is 79.1 Å². The van der Waals surface area contributed by atoms with Crippen LogP contribution < -0.4 is 16.2 Å². The van der Waals surface area contributed by atoms with Crippen LogP contribution in [-0.4, -0.2) is 16.9 Å². The van der Waals surface area contributed by atoms with Crippen LogP contribution in [0.15, 0.2) is 48.5 Å². The maximum Gasteiger partial charge on any atom is 0.169 e. The molecule has 0 saturated heterocycles. The van der Waals surface area contributed by atoms with E-state index in [1.807, 2.05) is 48.5 Å². The molecule has 1 aromatic heterocycles. The average Bonchev–Trinajstić information content (AvgIpc) is 2.84. The van der Waals surface area contributed by atoms with E-state index in [1.54, 1.807) is 11.8 Å². The van der Waals surface area contributed by atoms with Crippen molar-refractivity contribution in [3.8, 4) is 17.0 Å². The van der Waals surface area contributed by atoms with Crippen molar-refractivity contribution in [3.63, 3.8) is 0 Å². The Kier molecular flexibility index (Phi) is 4.12. The second kappa shape index (κ2) is 6.22. The van der Waals surface area contributed by atoms with Gasteiger partial charge in [0.2, 0.25) is 0 Å². The van der Waals surface area contributed by atoms with Crippen molar-refractivity contribution in [2.75, 3.05) is 18.6 Å². The number of nitrogen functional groups attached to an aromatic ring is 2. The molecule has 2 aromatic carbocycles. The molecule has 0 radical (unpaired) electrons. The van der Waals surface area contributed by atoms with Crippen LogP contribution in [0.4, 0.5) is 11.5 Å². The molecule has 0 amide bonds. The molecule has 0 fully saturated rings. The largest absolute Gasteiger partial charge is 0.496 e. The van der Waals surface area contributed by atoms with Gasteiger partial charge in [-0.1, -0.05) is 35.9 Å². The summed E-state index contributed by atoms with van der Waals surface area (Å²) in [7, 11) is 1.62. The highest BCUT2D eigenvalue weighted by Gasteiger charge is 2.18. The number of para-hydroxylation sites is 1. The number of ether oxygens (including phenoxy) is 1. The number of methoxy groups -OCH3 is 1. The average molecular weight is 329 g/mol. The highest BCUT2D eigenvalue weighted by Crippen LogP contribution is 2.36. The van der Waals surface area contributed by atoms with Crippen LogP contribution in [0.3, 0.4) is 0 Å². The van der Waals surface area contributed by atoms with E-state index in [0.29, 0.717) is 23.1 Å². The van der Waals surface area contributed by atoms with Crippen LogP contribution in [0.5, 0.6) is 5.75 Å². The summed E-state index contributed by atoms with van der Waals surface area (Å²) in [4.78, 5) is 0. The van der Waals surface area contributed by atoms with Gasteiger partial charge in [0.05, 0.1) is 19.3 Å². The Morgan fingerprint density at radius 1 is 1.09 bits per heavy atom. The van der Waals surface area contributed by atoms with Crippen LogP contribution in [0.25, 0.3) is 11.3 Å². The molecule has 3 rings (SSSR count). The zero-order valence-corrected chi connectivity index (χ0v) is 13.4. The number of hydrogen-bond donors (Lipinski definition) is 2. The zero-order valence-electron chi connectivity index (χ0n) is 12.7. The van der Waals surface area contributed by atoms with E-state index in [1.165, 1.54) is 0 Å². The van der Waals surface area contributed by atoms with Crippen molar-refractivity contribution in [2.45, 2.75) is 6.54 Å². The molecule has 0 spiro atoms. The Morgan fingerprint density at radius 3 is 2.48 bits per heavy atom. The molecule has 118 valence electrons. The first kappa shape index (κ1) is 15.2. The first-order valence-electron chi connectivity index (χ1n) is 7.09. The SMILES string of the molecule is COc1ccccc1-c1c(N)c(N)nn1Cc1ccc(Cl)cc1. The van der Waals surface area contributed by atoms with Crippen LogP contribution in [-0.2, 0) is 6.54 Å². The summed E-state index contributed by atoms with van der Waals surface area (Å²) >= 11 is 5.93. The Morgan fingerprint density at radius 2 is 1.78 bits per heavy atom. The third-order valence-corrected chi connectivity index (χ3v) is 3.88. The number of rotatable bonds is 4. The molecule has 1 heterocycles. The number of halogens is 1. The molecule has 0 aliphatic heterocycles. The van der Waals surface area contributed by atoms with Gasteiger partial charge in [0.1, 0.15) is 11.4 Å². The van der Waals surface area contributed by atoms with Gasteiger partial charge in [-0.25, -0.2) is 0 Å². The van der Waals surface area contributed by atoms with Crippen molar-refractivity contribution in [2.24, 2.45) is 0 Å². The van der Waals surface area contributed by atoms with Crippen LogP contribution in [0.2, 0.25) is 5.02 Å². The Hall–Kier alpha value is -2.66. The lowest BCUT2D eigenvalue weighted by Crippen LogP contribution is -2.05. The monoisotopic (exact) mass is 328 g/mol. The predicted octanol–water partition coefficient (Wildman–Crippen LogP) is 3.42. The second-order valence-electron chi connectivity index (χ2n) is 5.13. The fraction of sp³-hybridized carbons (Fsp3) is 0.118. The van der Waals surface area contributed by atoms with Gasteiger partial charge in [-0.2, -0.15) is 5.10 Å². The summed E-state index contributed by atoms with van der Waals surface area (Å²) in [5.74, 6) is 1.02. The molecule has 5 nitrogen and oxygen atoms in total. The van der Waals surface area contributed by atoms with E-state index in [9.17, 15) is 0 Å². The van der Waals surface area contributed by atoms with Gasteiger partial charge in [-0.05, 0) is 29.8 Å². The van der Waals surface area contributed by atoms with Crippen molar-refractivity contribution in [1.82, 2.24) is 9.78 Å². The number of nitrogens with zero attached hydrogens (tertiary/aromatic N) is 2. The van der Waals surface area contributed by atoms with Gasteiger partial charge >= 0.3 is 0 Å². The Balaban J connectivity index is 2.08. The molecule has 0 aliphatic rings. The number of nitrogens with two attached hydrogens (primary N) is 2. The number of benzene rings is 2. The van der Waals surface area contributed by atoms with Crippen LogP contribution >= 0.6 is 11.6 Å². The summed E-state index contributed by atoms with van der Waals surface area (Å²) in [5.41, 5.74) is 15.2. The van der Waals surface area contributed by atoms with Crippen molar-refractivity contribution < 1.29 is 4.74 Å². The number of hydrogen-bond acceptors (Lipinski definition) is 4. The minimum absolute atomic E-state index is 0.305. The lowest BCUT2D eigenvalue weighted by Gasteiger charge is -2.12. The van der Waals surface area contributed by atoms with Gasteiger partial charge in [-0.3, -0.25) is 4.68 Å². The lowest BCUT2D eigenvalue weighted by atomic mass is 10.1. The molecule has 0 atom stereocenters. The van der Waals surface area contributed by atoms with Gasteiger partial charge in [-0.15, -0.1) is 0 Å². The third-order valence-electron chi connectivity index (χ3n) is 3.63. The van der Waals surface area contributed by atoms with E-state index in [0.717, 1.165) is 22.6 Å². The van der Waals surface area contributed by atoms with Crippen LogP contribution in [0, 0.1) is 0 Å². The van der Waals surface area contributed by atoms with E-state index < -0.39 is 0 Å². The highest BCUT2D eigenvalue weighted by atomic mass is 35.5. The van der Waals surface area contributed by atoms with E-state index >= 15 is 0 Å². The summed E-state index contributed by atoms with van der Waals surface area (Å²) in [6, 6.07) is 15.2. The van der Waals surface area contributed by atoms with Gasteiger partial charge in [0.15, 0.2) is 5.82 Å². The lowest BCUT2D eigenvalue weighted by molar-refractivity contribution is 0.416. The minimum atomic E-state index is 0.305. The Bertz CT molecular complexity index is 827. The first-order valence-corrected chi connectivity index (χ1v) is 7.47.